The van der Waals surface area contributed by atoms with Gasteiger partial charge >= 0.3 is 0 Å². The Bertz CT molecular complexity index is 1010. The molecular weight excluding hydrogens is 383 g/mol. The van der Waals surface area contributed by atoms with Gasteiger partial charge in [0.15, 0.2) is 0 Å². The van der Waals surface area contributed by atoms with Crippen molar-refractivity contribution in [3.63, 3.8) is 0 Å². The molecule has 0 saturated carbocycles. The minimum atomic E-state index is -0.326. The van der Waals surface area contributed by atoms with Gasteiger partial charge in [0.1, 0.15) is 11.3 Å². The van der Waals surface area contributed by atoms with Crippen LogP contribution < -0.4 is 5.32 Å². The number of nitrogens with zero attached hydrogens (tertiary/aromatic N) is 5. The molecule has 2 aromatic heterocycles. The Morgan fingerprint density at radius 1 is 1.23 bits per heavy atom. The highest BCUT2D eigenvalue weighted by Gasteiger charge is 2.28. The number of halogens is 1. The number of hydrogen-bond acceptors (Lipinski definition) is 6. The molecule has 2 aliphatic heterocycles. The normalized spacial score (nSPS) is 21.3. The van der Waals surface area contributed by atoms with Gasteiger partial charge in [0.2, 0.25) is 5.89 Å². The Kier molecular flexibility index (Phi) is 5.28. The molecule has 0 aliphatic carbocycles. The Morgan fingerprint density at radius 3 is 2.80 bits per heavy atom. The van der Waals surface area contributed by atoms with Crippen molar-refractivity contribution in [1.29, 1.82) is 0 Å². The lowest BCUT2D eigenvalue weighted by Gasteiger charge is -2.31. The van der Waals surface area contributed by atoms with Gasteiger partial charge in [-0.1, -0.05) is 26.0 Å². The third-order valence-corrected chi connectivity index (χ3v) is 6.47. The third-order valence-electron chi connectivity index (χ3n) is 6.47. The predicted octanol–water partition coefficient (Wildman–Crippen LogP) is 3.46. The van der Waals surface area contributed by atoms with Crippen molar-refractivity contribution >= 4 is 10.9 Å². The van der Waals surface area contributed by atoms with Crippen molar-refractivity contribution in [1.82, 2.24) is 30.1 Å². The summed E-state index contributed by atoms with van der Waals surface area (Å²) in [6.45, 7) is 9.66. The number of aromatic nitrogens is 4. The van der Waals surface area contributed by atoms with E-state index in [1.165, 1.54) is 23.7 Å². The molecule has 3 aromatic rings. The lowest BCUT2D eigenvalue weighted by atomic mass is 9.95. The monoisotopic (exact) mass is 412 g/mol. The zero-order valence-electron chi connectivity index (χ0n) is 17.6. The molecule has 2 saturated heterocycles. The van der Waals surface area contributed by atoms with Crippen LogP contribution in [-0.4, -0.2) is 57.5 Å². The first-order valence-electron chi connectivity index (χ1n) is 11.0. The van der Waals surface area contributed by atoms with Gasteiger partial charge in [0, 0.05) is 17.8 Å². The van der Waals surface area contributed by atoms with E-state index in [9.17, 15) is 4.39 Å². The molecule has 7 nitrogen and oxygen atoms in total. The van der Waals surface area contributed by atoms with Gasteiger partial charge < -0.3 is 14.7 Å². The second-order valence-corrected chi connectivity index (χ2v) is 8.95. The van der Waals surface area contributed by atoms with Gasteiger partial charge in [-0.15, -0.1) is 0 Å². The van der Waals surface area contributed by atoms with Crippen molar-refractivity contribution in [2.45, 2.75) is 44.9 Å². The summed E-state index contributed by atoms with van der Waals surface area (Å²) in [5.41, 5.74) is 1.25. The van der Waals surface area contributed by atoms with Crippen LogP contribution >= 0.6 is 0 Å². The van der Waals surface area contributed by atoms with Gasteiger partial charge in [0.05, 0.1) is 5.69 Å². The molecule has 1 N–H and O–H groups in total. The molecule has 8 heteroatoms. The molecule has 0 spiro atoms. The predicted molar refractivity (Wildman–Crippen MR) is 112 cm³/mol. The van der Waals surface area contributed by atoms with E-state index in [4.69, 9.17) is 4.52 Å². The van der Waals surface area contributed by atoms with E-state index in [2.05, 4.69) is 25.5 Å². The highest BCUT2D eigenvalue weighted by atomic mass is 19.1. The van der Waals surface area contributed by atoms with Crippen LogP contribution in [0.4, 0.5) is 4.39 Å². The smallest absolute Gasteiger partial charge is 0.291 e. The van der Waals surface area contributed by atoms with Crippen LogP contribution in [0.15, 0.2) is 22.7 Å². The minimum Gasteiger partial charge on any atom is -0.337 e. The summed E-state index contributed by atoms with van der Waals surface area (Å²) in [6, 6.07) is 5.06. The second kappa shape index (κ2) is 8.07. The largest absolute Gasteiger partial charge is 0.337 e. The summed E-state index contributed by atoms with van der Waals surface area (Å²) in [4.78, 5) is 7.18. The average molecular weight is 413 g/mol. The first kappa shape index (κ1) is 19.6. The number of para-hydroxylation sites is 1. The van der Waals surface area contributed by atoms with E-state index in [1.807, 2.05) is 19.9 Å². The number of nitrogens with one attached hydrogen (secondary N) is 1. The standard InChI is InChI=1S/C22H29FN6O/c1-14(2)19-17-4-3-5-18(23)20(17)29(26-19)22-25-21(30-27-22)16-7-10-28(11-8-16)13-15-6-9-24-12-15/h3-5,14-16,24H,6-13H2,1-2H3. The van der Waals surface area contributed by atoms with E-state index in [0.29, 0.717) is 17.4 Å². The summed E-state index contributed by atoms with van der Waals surface area (Å²) >= 11 is 0. The summed E-state index contributed by atoms with van der Waals surface area (Å²) < 4.78 is 21.7. The fourth-order valence-electron chi connectivity index (χ4n) is 4.80. The molecule has 0 radical (unpaired) electrons. The highest BCUT2D eigenvalue weighted by molar-refractivity contribution is 5.84. The molecule has 30 heavy (non-hydrogen) atoms. The van der Waals surface area contributed by atoms with Crippen molar-refractivity contribution in [3.05, 3.63) is 35.6 Å². The van der Waals surface area contributed by atoms with Crippen LogP contribution in [0.2, 0.25) is 0 Å². The van der Waals surface area contributed by atoms with E-state index >= 15 is 0 Å². The molecule has 1 aromatic carbocycles. The quantitative estimate of drug-likeness (QED) is 0.692. The van der Waals surface area contributed by atoms with Gasteiger partial charge in [-0.05, 0) is 68.5 Å². The lowest BCUT2D eigenvalue weighted by molar-refractivity contribution is 0.174. The number of piperidine rings is 1. The highest BCUT2D eigenvalue weighted by Crippen LogP contribution is 2.31. The molecule has 2 fully saturated rings. The Hall–Kier alpha value is -2.32. The van der Waals surface area contributed by atoms with E-state index in [-0.39, 0.29) is 17.7 Å². The first-order valence-corrected chi connectivity index (χ1v) is 11.0. The number of benzene rings is 1. The topological polar surface area (TPSA) is 72.0 Å². The number of hydrogen-bond donors (Lipinski definition) is 1. The van der Waals surface area contributed by atoms with Gasteiger partial charge in [-0.25, -0.2) is 4.39 Å². The fourth-order valence-corrected chi connectivity index (χ4v) is 4.80. The zero-order valence-corrected chi connectivity index (χ0v) is 17.6. The van der Waals surface area contributed by atoms with Crippen LogP contribution in [0.25, 0.3) is 16.9 Å². The Labute approximate surface area is 175 Å². The first-order chi connectivity index (χ1) is 14.6. The maximum atomic E-state index is 14.6. The van der Waals surface area contributed by atoms with Crippen molar-refractivity contribution in [2.75, 3.05) is 32.7 Å². The second-order valence-electron chi connectivity index (χ2n) is 8.95. The maximum absolute atomic E-state index is 14.6. The molecule has 0 bridgehead atoms. The number of likely N-dealkylation sites (tertiary alicyclic amines) is 1. The molecule has 2 aliphatic rings. The maximum Gasteiger partial charge on any atom is 0.291 e. The lowest BCUT2D eigenvalue weighted by Crippen LogP contribution is -2.37. The van der Waals surface area contributed by atoms with Crippen molar-refractivity contribution < 1.29 is 8.91 Å². The average Bonchev–Trinajstić information content (AvgIpc) is 3.48. The van der Waals surface area contributed by atoms with Crippen LogP contribution in [0.5, 0.6) is 0 Å². The van der Waals surface area contributed by atoms with Crippen LogP contribution in [0, 0.1) is 11.7 Å². The van der Waals surface area contributed by atoms with Crippen LogP contribution in [0.3, 0.4) is 0 Å². The minimum absolute atomic E-state index is 0.168. The molecule has 160 valence electrons. The van der Waals surface area contributed by atoms with Gasteiger partial charge in [0.25, 0.3) is 5.95 Å². The summed E-state index contributed by atoms with van der Waals surface area (Å²) in [5.74, 6) is 1.81. The van der Waals surface area contributed by atoms with Crippen LogP contribution in [0.1, 0.15) is 56.5 Å². The van der Waals surface area contributed by atoms with E-state index < -0.39 is 0 Å². The molecule has 1 unspecified atom stereocenters. The van der Waals surface area contributed by atoms with Crippen molar-refractivity contribution in [2.24, 2.45) is 5.92 Å². The Balaban J connectivity index is 1.34. The molecule has 5 rings (SSSR count). The van der Waals surface area contributed by atoms with Gasteiger partial charge in [-0.2, -0.15) is 14.8 Å². The summed E-state index contributed by atoms with van der Waals surface area (Å²) in [6.07, 6.45) is 3.29. The molecule has 1 atom stereocenters. The number of fused-ring (bicyclic) bond motifs is 1. The Morgan fingerprint density at radius 2 is 2.07 bits per heavy atom. The van der Waals surface area contributed by atoms with Crippen LogP contribution in [-0.2, 0) is 0 Å². The summed E-state index contributed by atoms with van der Waals surface area (Å²) in [7, 11) is 0. The fraction of sp³-hybridized carbons (Fsp3) is 0.591. The van der Waals surface area contributed by atoms with E-state index in [0.717, 1.165) is 56.0 Å². The third kappa shape index (κ3) is 3.63. The molecular formula is C22H29FN6O. The molecule has 0 amide bonds. The molecule has 4 heterocycles. The number of rotatable bonds is 5. The zero-order chi connectivity index (χ0) is 20.7. The van der Waals surface area contributed by atoms with Crippen molar-refractivity contribution in [3.8, 4) is 5.95 Å². The van der Waals surface area contributed by atoms with Gasteiger partial charge in [-0.3, -0.25) is 0 Å². The summed E-state index contributed by atoms with van der Waals surface area (Å²) in [5, 5.41) is 13.0. The SMILES string of the molecule is CC(C)c1nn(-c2noc(C3CCN(CC4CCNC4)CC3)n2)c2c(F)cccc12. The van der Waals surface area contributed by atoms with E-state index in [1.54, 1.807) is 6.07 Å².